The second-order valence-corrected chi connectivity index (χ2v) is 10.1. The lowest BCUT2D eigenvalue weighted by Gasteiger charge is -2.39. The molecule has 3 saturated heterocycles. The van der Waals surface area contributed by atoms with Crippen molar-refractivity contribution in [2.45, 2.75) is 51.2 Å². The van der Waals surface area contributed by atoms with Crippen LogP contribution in [0, 0.1) is 11.2 Å². The van der Waals surface area contributed by atoms with E-state index in [0.29, 0.717) is 25.9 Å². The SMILES string of the molecule is CC(C)(O)C(=O)N1CCC2(CC1)C[C@H](CCN1CCN(c3ccc(F)cc3)CC1)NC2=O. The van der Waals surface area contributed by atoms with Gasteiger partial charge in [-0.2, -0.15) is 0 Å². The third kappa shape index (κ3) is 4.91. The molecule has 3 aliphatic rings. The summed E-state index contributed by atoms with van der Waals surface area (Å²) >= 11 is 0. The molecule has 4 rings (SSSR count). The van der Waals surface area contributed by atoms with Gasteiger partial charge in [0.2, 0.25) is 5.91 Å². The molecule has 1 spiro atoms. The molecular formula is C24H35FN4O3. The number of nitrogens with one attached hydrogen (secondary N) is 1. The number of likely N-dealkylation sites (tertiary alicyclic amines) is 1. The van der Waals surface area contributed by atoms with Crippen LogP contribution in [-0.4, -0.2) is 84.2 Å². The number of anilines is 1. The molecule has 2 N–H and O–H groups in total. The molecular weight excluding hydrogens is 411 g/mol. The summed E-state index contributed by atoms with van der Waals surface area (Å²) in [6.45, 7) is 8.75. The zero-order valence-corrected chi connectivity index (χ0v) is 19.1. The third-order valence-corrected chi connectivity index (χ3v) is 7.34. The smallest absolute Gasteiger partial charge is 0.253 e. The molecule has 3 heterocycles. The first-order valence-electron chi connectivity index (χ1n) is 11.7. The van der Waals surface area contributed by atoms with Gasteiger partial charge in [0.1, 0.15) is 11.4 Å². The minimum atomic E-state index is -1.37. The Morgan fingerprint density at radius 3 is 2.34 bits per heavy atom. The fourth-order valence-electron chi connectivity index (χ4n) is 5.30. The highest BCUT2D eigenvalue weighted by Gasteiger charge is 2.49. The Morgan fingerprint density at radius 1 is 1.12 bits per heavy atom. The molecule has 0 saturated carbocycles. The summed E-state index contributed by atoms with van der Waals surface area (Å²) < 4.78 is 13.1. The predicted molar refractivity (Wildman–Crippen MR) is 121 cm³/mol. The van der Waals surface area contributed by atoms with Crippen molar-refractivity contribution >= 4 is 17.5 Å². The lowest BCUT2D eigenvalue weighted by atomic mass is 9.75. The molecule has 2 amide bonds. The maximum atomic E-state index is 13.1. The minimum Gasteiger partial charge on any atom is -0.381 e. The Labute approximate surface area is 189 Å². The van der Waals surface area contributed by atoms with Crippen LogP contribution in [0.15, 0.2) is 24.3 Å². The molecule has 176 valence electrons. The summed E-state index contributed by atoms with van der Waals surface area (Å²) in [5.74, 6) is -0.348. The van der Waals surface area contributed by atoms with Crippen LogP contribution < -0.4 is 10.2 Å². The lowest BCUT2D eigenvalue weighted by Crippen LogP contribution is -2.51. The molecule has 1 aromatic carbocycles. The van der Waals surface area contributed by atoms with Crippen molar-refractivity contribution in [3.8, 4) is 0 Å². The topological polar surface area (TPSA) is 76.1 Å². The van der Waals surface area contributed by atoms with Gasteiger partial charge in [0.25, 0.3) is 5.91 Å². The van der Waals surface area contributed by atoms with Crippen LogP contribution >= 0.6 is 0 Å². The molecule has 0 bridgehead atoms. The van der Waals surface area contributed by atoms with Gasteiger partial charge < -0.3 is 20.2 Å². The van der Waals surface area contributed by atoms with E-state index in [4.69, 9.17) is 0 Å². The Balaban J connectivity index is 1.22. The molecule has 3 fully saturated rings. The fraction of sp³-hybridized carbons (Fsp3) is 0.667. The van der Waals surface area contributed by atoms with E-state index in [9.17, 15) is 19.1 Å². The zero-order chi connectivity index (χ0) is 22.9. The largest absolute Gasteiger partial charge is 0.381 e. The van der Waals surface area contributed by atoms with Gasteiger partial charge in [-0.05, 0) is 63.8 Å². The highest BCUT2D eigenvalue weighted by Crippen LogP contribution is 2.41. The third-order valence-electron chi connectivity index (χ3n) is 7.34. The van der Waals surface area contributed by atoms with Crippen molar-refractivity contribution in [2.75, 3.05) is 50.7 Å². The summed E-state index contributed by atoms with van der Waals surface area (Å²) in [7, 11) is 0. The first kappa shape index (κ1) is 23.0. The maximum absolute atomic E-state index is 13.1. The average molecular weight is 447 g/mol. The van der Waals surface area contributed by atoms with Crippen LogP contribution in [0.4, 0.5) is 10.1 Å². The number of carbonyl (C=O) groups excluding carboxylic acids is 2. The van der Waals surface area contributed by atoms with E-state index in [0.717, 1.165) is 51.3 Å². The molecule has 32 heavy (non-hydrogen) atoms. The standard InChI is InChI=1S/C24H35FN4O3/c1-23(2,32)22(31)29-11-8-24(9-12-29)17-19(26-21(24)30)7-10-27-13-15-28(16-14-27)20-5-3-18(25)4-6-20/h3-6,19,32H,7-17H2,1-2H3,(H,26,30)/t19-/m0/s1. The molecule has 3 aliphatic heterocycles. The summed E-state index contributed by atoms with van der Waals surface area (Å²) in [4.78, 5) is 31.5. The lowest BCUT2D eigenvalue weighted by molar-refractivity contribution is -0.151. The number of benzene rings is 1. The van der Waals surface area contributed by atoms with Gasteiger partial charge in [-0.25, -0.2) is 4.39 Å². The number of hydrogen-bond donors (Lipinski definition) is 2. The van der Waals surface area contributed by atoms with E-state index in [2.05, 4.69) is 15.1 Å². The number of halogens is 1. The van der Waals surface area contributed by atoms with E-state index in [-0.39, 0.29) is 29.1 Å². The molecule has 0 unspecified atom stereocenters. The first-order valence-corrected chi connectivity index (χ1v) is 11.7. The number of rotatable bonds is 5. The van der Waals surface area contributed by atoms with Crippen LogP contribution in [0.5, 0.6) is 0 Å². The van der Waals surface area contributed by atoms with Gasteiger partial charge in [0, 0.05) is 57.5 Å². The van der Waals surface area contributed by atoms with Crippen LogP contribution in [0.1, 0.15) is 39.5 Å². The Hall–Kier alpha value is -2.19. The van der Waals surface area contributed by atoms with E-state index in [1.165, 1.54) is 26.0 Å². The highest BCUT2D eigenvalue weighted by molar-refractivity contribution is 5.87. The van der Waals surface area contributed by atoms with Gasteiger partial charge in [-0.15, -0.1) is 0 Å². The van der Waals surface area contributed by atoms with Gasteiger partial charge in [-0.3, -0.25) is 14.5 Å². The molecule has 0 radical (unpaired) electrons. The quantitative estimate of drug-likeness (QED) is 0.719. The first-order chi connectivity index (χ1) is 15.2. The van der Waals surface area contributed by atoms with Crippen molar-refractivity contribution in [1.29, 1.82) is 0 Å². The Morgan fingerprint density at radius 2 is 1.75 bits per heavy atom. The number of piperidine rings is 1. The predicted octanol–water partition coefficient (Wildman–Crippen LogP) is 1.61. The normalized spacial score (nSPS) is 24.1. The van der Waals surface area contributed by atoms with Crippen molar-refractivity contribution in [2.24, 2.45) is 5.41 Å². The van der Waals surface area contributed by atoms with Crippen LogP contribution in [0.2, 0.25) is 0 Å². The van der Waals surface area contributed by atoms with E-state index in [1.807, 2.05) is 12.1 Å². The van der Waals surface area contributed by atoms with Gasteiger partial charge in [0.05, 0.1) is 5.41 Å². The average Bonchev–Trinajstić information content (AvgIpc) is 3.07. The molecule has 7 nitrogen and oxygen atoms in total. The van der Waals surface area contributed by atoms with Crippen molar-refractivity contribution < 1.29 is 19.1 Å². The summed E-state index contributed by atoms with van der Waals surface area (Å²) in [6, 6.07) is 6.85. The minimum absolute atomic E-state index is 0.124. The zero-order valence-electron chi connectivity index (χ0n) is 19.1. The second-order valence-electron chi connectivity index (χ2n) is 10.1. The van der Waals surface area contributed by atoms with E-state index >= 15 is 0 Å². The molecule has 0 aliphatic carbocycles. The van der Waals surface area contributed by atoms with Gasteiger partial charge in [0.15, 0.2) is 0 Å². The number of piperazine rings is 1. The second kappa shape index (κ2) is 8.98. The molecule has 0 aromatic heterocycles. The number of hydrogen-bond acceptors (Lipinski definition) is 5. The van der Waals surface area contributed by atoms with E-state index in [1.54, 1.807) is 4.90 Å². The highest BCUT2D eigenvalue weighted by atomic mass is 19.1. The summed E-state index contributed by atoms with van der Waals surface area (Å²) in [5.41, 5.74) is -0.681. The molecule has 1 aromatic rings. The van der Waals surface area contributed by atoms with Gasteiger partial charge >= 0.3 is 0 Å². The fourth-order valence-corrected chi connectivity index (χ4v) is 5.30. The van der Waals surface area contributed by atoms with Crippen LogP contribution in [0.3, 0.4) is 0 Å². The van der Waals surface area contributed by atoms with Crippen LogP contribution in [0.25, 0.3) is 0 Å². The maximum Gasteiger partial charge on any atom is 0.253 e. The molecule has 1 atom stereocenters. The van der Waals surface area contributed by atoms with Crippen LogP contribution in [-0.2, 0) is 9.59 Å². The Kier molecular flexibility index (Phi) is 6.45. The molecule has 8 heteroatoms. The van der Waals surface area contributed by atoms with Gasteiger partial charge in [-0.1, -0.05) is 0 Å². The van der Waals surface area contributed by atoms with Crippen molar-refractivity contribution in [3.05, 3.63) is 30.1 Å². The number of aliphatic hydroxyl groups is 1. The van der Waals surface area contributed by atoms with Crippen molar-refractivity contribution in [3.63, 3.8) is 0 Å². The number of amides is 2. The summed E-state index contributed by atoms with van der Waals surface area (Å²) in [6.07, 6.45) is 3.07. The van der Waals surface area contributed by atoms with Crippen molar-refractivity contribution in [1.82, 2.24) is 15.1 Å². The Bertz CT molecular complexity index is 823. The number of nitrogens with zero attached hydrogens (tertiary/aromatic N) is 3. The number of carbonyl (C=O) groups is 2. The summed E-state index contributed by atoms with van der Waals surface area (Å²) in [5, 5.41) is 13.2. The monoisotopic (exact) mass is 446 g/mol. The van der Waals surface area contributed by atoms with E-state index < -0.39 is 5.60 Å².